The fourth-order valence-electron chi connectivity index (χ4n) is 3.58. The van der Waals surface area contributed by atoms with Crippen LogP contribution in [0.2, 0.25) is 0 Å². The summed E-state index contributed by atoms with van der Waals surface area (Å²) in [5, 5.41) is 0.581. The van der Waals surface area contributed by atoms with Gasteiger partial charge in [0.05, 0.1) is 11.4 Å². The highest BCUT2D eigenvalue weighted by atomic mass is 32.2. The van der Waals surface area contributed by atoms with Crippen LogP contribution >= 0.6 is 11.8 Å². The fourth-order valence-corrected chi connectivity index (χ4v) is 4.36. The van der Waals surface area contributed by atoms with E-state index in [1.165, 1.54) is 18.2 Å². The van der Waals surface area contributed by atoms with Gasteiger partial charge in [0.1, 0.15) is 0 Å². The van der Waals surface area contributed by atoms with Crippen molar-refractivity contribution in [1.29, 1.82) is 0 Å². The summed E-state index contributed by atoms with van der Waals surface area (Å²) in [6, 6.07) is 0. The van der Waals surface area contributed by atoms with Crippen LogP contribution in [-0.2, 0) is 17.6 Å². The van der Waals surface area contributed by atoms with Gasteiger partial charge < -0.3 is 9.88 Å². The number of fused-ring (bicyclic) bond motifs is 1. The number of carbonyl (C=O) groups is 1. The second-order valence-corrected chi connectivity index (χ2v) is 7.65. The number of nitrogens with zero attached hydrogens (tertiary/aromatic N) is 2. The van der Waals surface area contributed by atoms with Gasteiger partial charge in [0, 0.05) is 18.7 Å². The molecule has 2 aliphatic rings. The van der Waals surface area contributed by atoms with E-state index < -0.39 is 0 Å². The second kappa shape index (κ2) is 6.44. The highest BCUT2D eigenvalue weighted by molar-refractivity contribution is 7.99. The minimum Gasteiger partial charge on any atom is -0.341 e. The zero-order valence-electron chi connectivity index (χ0n) is 13.2. The lowest BCUT2D eigenvalue weighted by Gasteiger charge is -2.34. The van der Waals surface area contributed by atoms with Crippen LogP contribution in [0.1, 0.15) is 37.9 Å². The molecule has 0 aromatic carbocycles. The zero-order valence-corrected chi connectivity index (χ0v) is 14.0. The van der Waals surface area contributed by atoms with Crippen LogP contribution in [0.15, 0.2) is 9.95 Å². The van der Waals surface area contributed by atoms with E-state index in [0.717, 1.165) is 43.6 Å². The van der Waals surface area contributed by atoms with Crippen molar-refractivity contribution in [3.8, 4) is 0 Å². The molecule has 1 aliphatic carbocycles. The number of amides is 1. The molecule has 120 valence electrons. The van der Waals surface area contributed by atoms with E-state index in [0.29, 0.717) is 22.7 Å². The van der Waals surface area contributed by atoms with Gasteiger partial charge in [0.15, 0.2) is 5.16 Å². The molecular weight excluding hydrogens is 298 g/mol. The lowest BCUT2D eigenvalue weighted by molar-refractivity contribution is -0.130. The monoisotopic (exact) mass is 321 g/mol. The number of aryl methyl sites for hydroxylation is 1. The van der Waals surface area contributed by atoms with E-state index in [-0.39, 0.29) is 11.5 Å². The Balaban J connectivity index is 1.62. The van der Waals surface area contributed by atoms with Crippen LogP contribution in [0.5, 0.6) is 0 Å². The van der Waals surface area contributed by atoms with Crippen molar-refractivity contribution in [3.05, 3.63) is 21.6 Å². The number of hydrogen-bond donors (Lipinski definition) is 1. The summed E-state index contributed by atoms with van der Waals surface area (Å²) in [6.07, 6.45) is 3.89. The lowest BCUT2D eigenvalue weighted by Crippen LogP contribution is -2.43. The Labute approximate surface area is 134 Å². The van der Waals surface area contributed by atoms with Gasteiger partial charge in [-0.15, -0.1) is 0 Å². The highest BCUT2D eigenvalue weighted by Gasteiger charge is 2.25. The van der Waals surface area contributed by atoms with Crippen molar-refractivity contribution in [2.45, 2.75) is 44.7 Å². The molecule has 22 heavy (non-hydrogen) atoms. The Bertz CT molecular complexity index is 618. The Morgan fingerprint density at radius 2 is 2.05 bits per heavy atom. The van der Waals surface area contributed by atoms with Crippen LogP contribution in [0, 0.1) is 11.8 Å². The number of H-pyrrole nitrogens is 1. The third-order valence-corrected chi connectivity index (χ3v) is 5.33. The predicted molar refractivity (Wildman–Crippen MR) is 87.1 cm³/mol. The largest absolute Gasteiger partial charge is 0.341 e. The number of likely N-dealkylation sites (tertiary alicyclic amines) is 1. The Morgan fingerprint density at radius 3 is 2.77 bits per heavy atom. The molecule has 1 amide bonds. The van der Waals surface area contributed by atoms with E-state index in [2.05, 4.69) is 23.8 Å². The molecule has 0 spiro atoms. The van der Waals surface area contributed by atoms with Gasteiger partial charge in [-0.1, -0.05) is 25.6 Å². The number of carbonyl (C=O) groups excluding carboxylic acids is 1. The molecule has 1 aromatic rings. The smallest absolute Gasteiger partial charge is 0.254 e. The maximum atomic E-state index is 12.4. The zero-order chi connectivity index (χ0) is 15.7. The third kappa shape index (κ3) is 3.37. The van der Waals surface area contributed by atoms with Crippen LogP contribution in [0.25, 0.3) is 0 Å². The molecule has 1 aliphatic heterocycles. The SMILES string of the molecule is C[C@@H]1C[C@H](C)CN(C(=O)CSc2nc3c(c(=O)[nH]2)CCC3)C1. The molecule has 0 unspecified atom stereocenters. The molecule has 1 aromatic heterocycles. The van der Waals surface area contributed by atoms with Crippen molar-refractivity contribution in [1.82, 2.24) is 14.9 Å². The van der Waals surface area contributed by atoms with Crippen LogP contribution in [-0.4, -0.2) is 39.6 Å². The summed E-state index contributed by atoms with van der Waals surface area (Å²) >= 11 is 1.35. The minimum atomic E-state index is -0.0299. The van der Waals surface area contributed by atoms with Gasteiger partial charge in [-0.25, -0.2) is 4.98 Å². The maximum Gasteiger partial charge on any atom is 0.254 e. The summed E-state index contributed by atoms with van der Waals surface area (Å²) in [5.74, 6) is 1.62. The molecule has 1 saturated heterocycles. The molecule has 2 atom stereocenters. The first-order valence-electron chi connectivity index (χ1n) is 8.05. The number of rotatable bonds is 3. The summed E-state index contributed by atoms with van der Waals surface area (Å²) in [6.45, 7) is 6.08. The van der Waals surface area contributed by atoms with Crippen molar-refractivity contribution >= 4 is 17.7 Å². The predicted octanol–water partition coefficient (Wildman–Crippen LogP) is 1.86. The van der Waals surface area contributed by atoms with E-state index in [9.17, 15) is 9.59 Å². The van der Waals surface area contributed by atoms with Gasteiger partial charge in [-0.3, -0.25) is 9.59 Å². The quantitative estimate of drug-likeness (QED) is 0.681. The molecule has 6 heteroatoms. The van der Waals surface area contributed by atoms with Crippen molar-refractivity contribution in [3.63, 3.8) is 0 Å². The summed E-state index contributed by atoms with van der Waals surface area (Å²) < 4.78 is 0. The van der Waals surface area contributed by atoms with Crippen molar-refractivity contribution < 1.29 is 4.79 Å². The van der Waals surface area contributed by atoms with Crippen molar-refractivity contribution in [2.24, 2.45) is 11.8 Å². The minimum absolute atomic E-state index is 0.0299. The van der Waals surface area contributed by atoms with Crippen LogP contribution in [0.4, 0.5) is 0 Å². The number of aromatic nitrogens is 2. The molecule has 5 nitrogen and oxygen atoms in total. The molecular formula is C16H23N3O2S. The van der Waals surface area contributed by atoms with E-state index in [1.54, 1.807) is 0 Å². The average molecular weight is 321 g/mol. The third-order valence-electron chi connectivity index (χ3n) is 4.47. The van der Waals surface area contributed by atoms with Crippen LogP contribution in [0.3, 0.4) is 0 Å². The molecule has 1 fully saturated rings. The van der Waals surface area contributed by atoms with Gasteiger partial charge in [-0.2, -0.15) is 0 Å². The summed E-state index contributed by atoms with van der Waals surface area (Å²) in [4.78, 5) is 33.6. The molecule has 0 saturated carbocycles. The number of nitrogens with one attached hydrogen (secondary N) is 1. The molecule has 0 radical (unpaired) electrons. The number of aromatic amines is 1. The van der Waals surface area contributed by atoms with Gasteiger partial charge in [0.25, 0.3) is 5.56 Å². The summed E-state index contributed by atoms with van der Waals surface area (Å²) in [7, 11) is 0. The fraction of sp³-hybridized carbons (Fsp3) is 0.688. The van der Waals surface area contributed by atoms with E-state index in [1.807, 2.05) is 4.90 Å². The van der Waals surface area contributed by atoms with Gasteiger partial charge in [-0.05, 0) is 37.5 Å². The lowest BCUT2D eigenvalue weighted by atomic mass is 9.92. The second-order valence-electron chi connectivity index (χ2n) is 6.68. The standard InChI is InChI=1S/C16H23N3O2S/c1-10-6-11(2)8-19(7-10)14(20)9-22-16-17-13-5-3-4-12(13)15(21)18-16/h10-11H,3-9H2,1-2H3,(H,17,18,21)/t10-,11+. The Hall–Kier alpha value is -1.30. The Kier molecular flexibility index (Phi) is 4.57. The van der Waals surface area contributed by atoms with E-state index >= 15 is 0 Å². The molecule has 1 N–H and O–H groups in total. The van der Waals surface area contributed by atoms with E-state index in [4.69, 9.17) is 0 Å². The Morgan fingerprint density at radius 1 is 1.32 bits per heavy atom. The highest BCUT2D eigenvalue weighted by Crippen LogP contribution is 2.23. The molecule has 2 heterocycles. The number of hydrogen-bond acceptors (Lipinski definition) is 4. The van der Waals surface area contributed by atoms with Crippen molar-refractivity contribution in [2.75, 3.05) is 18.8 Å². The summed E-state index contributed by atoms with van der Waals surface area (Å²) in [5.41, 5.74) is 1.71. The molecule has 0 bridgehead atoms. The maximum absolute atomic E-state index is 12.4. The van der Waals surface area contributed by atoms with Crippen LogP contribution < -0.4 is 5.56 Å². The van der Waals surface area contributed by atoms with Gasteiger partial charge >= 0.3 is 0 Å². The molecule has 3 rings (SSSR count). The first-order chi connectivity index (χ1) is 10.5. The first-order valence-corrected chi connectivity index (χ1v) is 9.04. The average Bonchev–Trinajstić information content (AvgIpc) is 2.92. The number of piperidine rings is 1. The van der Waals surface area contributed by atoms with Gasteiger partial charge in [0.2, 0.25) is 5.91 Å². The topological polar surface area (TPSA) is 66.1 Å². The number of thioether (sulfide) groups is 1. The normalized spacial score (nSPS) is 24.4. The first kappa shape index (κ1) is 15.6.